The SMILES string of the molecule is O=C(/C=C\c1ccc2c(c1)OCO2)Nc1ccc(S(=O)(=O)N2C[C@@H]3C[C@H](C2)c2cccc(=O)n2C3)cc1. The number of rotatable bonds is 5. The number of nitrogens with one attached hydrogen (secondary N) is 1. The highest BCUT2D eigenvalue weighted by Gasteiger charge is 2.39. The number of piperidine rings is 1. The fourth-order valence-electron chi connectivity index (χ4n) is 5.28. The third kappa shape index (κ3) is 4.54. The minimum Gasteiger partial charge on any atom is -0.454 e. The Bertz CT molecular complexity index is 1560. The summed E-state index contributed by atoms with van der Waals surface area (Å²) in [6.07, 6.45) is 3.94. The van der Waals surface area contributed by atoms with Crippen molar-refractivity contribution < 1.29 is 22.7 Å². The van der Waals surface area contributed by atoms with Crippen LogP contribution in [-0.4, -0.2) is 43.1 Å². The minimum atomic E-state index is -3.72. The first kappa shape index (κ1) is 23.5. The van der Waals surface area contributed by atoms with E-state index in [0.717, 1.165) is 17.7 Å². The van der Waals surface area contributed by atoms with Crippen molar-refractivity contribution in [3.8, 4) is 11.5 Å². The Balaban J connectivity index is 1.12. The smallest absolute Gasteiger partial charge is 0.250 e. The molecule has 2 aromatic carbocycles. The van der Waals surface area contributed by atoms with Gasteiger partial charge in [-0.25, -0.2) is 8.42 Å². The number of sulfonamides is 1. The van der Waals surface area contributed by atoms with Crippen LogP contribution in [0.15, 0.2) is 76.4 Å². The van der Waals surface area contributed by atoms with E-state index in [9.17, 15) is 18.0 Å². The van der Waals surface area contributed by atoms with E-state index < -0.39 is 10.0 Å². The highest BCUT2D eigenvalue weighted by molar-refractivity contribution is 7.89. The zero-order valence-corrected chi connectivity index (χ0v) is 20.7. The fourth-order valence-corrected chi connectivity index (χ4v) is 6.84. The number of benzene rings is 2. The van der Waals surface area contributed by atoms with Gasteiger partial charge in [-0.15, -0.1) is 0 Å². The van der Waals surface area contributed by atoms with Crippen LogP contribution in [0.1, 0.15) is 23.6 Å². The molecule has 9 nitrogen and oxygen atoms in total. The number of carbonyl (C=O) groups excluding carboxylic acids is 1. The summed E-state index contributed by atoms with van der Waals surface area (Å²) < 4.78 is 40.7. The lowest BCUT2D eigenvalue weighted by Gasteiger charge is -2.42. The van der Waals surface area contributed by atoms with Gasteiger partial charge in [0.1, 0.15) is 0 Å². The van der Waals surface area contributed by atoms with Gasteiger partial charge in [0.15, 0.2) is 11.5 Å². The number of carbonyl (C=O) groups is 1. The number of fused-ring (bicyclic) bond motifs is 5. The Kier molecular flexibility index (Phi) is 5.85. The first-order valence-electron chi connectivity index (χ1n) is 12.1. The van der Waals surface area contributed by atoms with Gasteiger partial charge in [-0.2, -0.15) is 4.31 Å². The van der Waals surface area contributed by atoms with Crippen molar-refractivity contribution in [1.29, 1.82) is 0 Å². The molecule has 4 heterocycles. The van der Waals surface area contributed by atoms with Gasteiger partial charge < -0.3 is 19.4 Å². The number of ether oxygens (including phenoxy) is 2. The van der Waals surface area contributed by atoms with Crippen molar-refractivity contribution in [2.24, 2.45) is 5.92 Å². The molecule has 1 N–H and O–H groups in total. The maximum absolute atomic E-state index is 13.4. The van der Waals surface area contributed by atoms with Crippen molar-refractivity contribution in [3.63, 3.8) is 0 Å². The van der Waals surface area contributed by atoms with Crippen LogP contribution in [0, 0.1) is 5.92 Å². The van der Waals surface area contributed by atoms with Gasteiger partial charge >= 0.3 is 0 Å². The van der Waals surface area contributed by atoms with Gasteiger partial charge in [0.25, 0.3) is 5.56 Å². The van der Waals surface area contributed by atoms with E-state index in [1.807, 2.05) is 12.1 Å². The summed E-state index contributed by atoms with van der Waals surface area (Å²) in [5.41, 5.74) is 2.14. The highest BCUT2D eigenvalue weighted by Crippen LogP contribution is 2.37. The first-order valence-corrected chi connectivity index (χ1v) is 13.5. The fraction of sp³-hybridized carbons (Fsp3) is 0.259. The number of aromatic nitrogens is 1. The Morgan fingerprint density at radius 2 is 1.78 bits per heavy atom. The van der Waals surface area contributed by atoms with Crippen LogP contribution < -0.4 is 20.3 Å². The van der Waals surface area contributed by atoms with E-state index >= 15 is 0 Å². The molecule has 1 aromatic heterocycles. The van der Waals surface area contributed by atoms with Crippen molar-refractivity contribution in [1.82, 2.24) is 8.87 Å². The monoisotopic (exact) mass is 519 g/mol. The van der Waals surface area contributed by atoms with Crippen molar-refractivity contribution in [3.05, 3.63) is 88.4 Å². The predicted molar refractivity (Wildman–Crippen MR) is 137 cm³/mol. The second-order valence-corrected chi connectivity index (χ2v) is 11.4. The number of hydrogen-bond acceptors (Lipinski definition) is 6. The average Bonchev–Trinajstić information content (AvgIpc) is 3.36. The zero-order chi connectivity index (χ0) is 25.6. The van der Waals surface area contributed by atoms with Crippen LogP contribution in [0.2, 0.25) is 0 Å². The summed E-state index contributed by atoms with van der Waals surface area (Å²) in [6.45, 7) is 1.43. The molecule has 3 aliphatic rings. The molecular weight excluding hydrogens is 494 g/mol. The van der Waals surface area contributed by atoms with E-state index in [-0.39, 0.29) is 35.0 Å². The van der Waals surface area contributed by atoms with Crippen molar-refractivity contribution in [2.75, 3.05) is 25.2 Å². The third-order valence-electron chi connectivity index (χ3n) is 7.03. The molecule has 3 aromatic rings. The maximum atomic E-state index is 13.4. The molecule has 1 amide bonds. The van der Waals surface area contributed by atoms with Crippen LogP contribution in [0.5, 0.6) is 11.5 Å². The molecule has 0 unspecified atom stereocenters. The summed E-state index contributed by atoms with van der Waals surface area (Å²) in [5.74, 6) is 1.05. The molecule has 0 radical (unpaired) electrons. The van der Waals surface area contributed by atoms with Crippen LogP contribution in [0.4, 0.5) is 5.69 Å². The van der Waals surface area contributed by atoms with E-state index in [1.54, 1.807) is 47.0 Å². The predicted octanol–water partition coefficient (Wildman–Crippen LogP) is 3.04. The summed E-state index contributed by atoms with van der Waals surface area (Å²) in [5, 5.41) is 2.75. The van der Waals surface area contributed by atoms with Crippen LogP contribution >= 0.6 is 0 Å². The largest absolute Gasteiger partial charge is 0.454 e. The zero-order valence-electron chi connectivity index (χ0n) is 19.9. The highest BCUT2D eigenvalue weighted by atomic mass is 32.2. The van der Waals surface area contributed by atoms with E-state index in [2.05, 4.69) is 5.32 Å². The van der Waals surface area contributed by atoms with Gasteiger partial charge in [0.05, 0.1) is 4.90 Å². The van der Waals surface area contributed by atoms with Gasteiger partial charge in [-0.1, -0.05) is 12.1 Å². The van der Waals surface area contributed by atoms with Crippen LogP contribution in [0.25, 0.3) is 6.08 Å². The Hall–Kier alpha value is -3.89. The maximum Gasteiger partial charge on any atom is 0.250 e. The van der Waals surface area contributed by atoms with Crippen molar-refractivity contribution in [2.45, 2.75) is 23.8 Å². The van der Waals surface area contributed by atoms with Crippen molar-refractivity contribution >= 4 is 27.7 Å². The van der Waals surface area contributed by atoms with E-state index in [0.29, 0.717) is 36.8 Å². The number of anilines is 1. The first-order chi connectivity index (χ1) is 17.9. The molecule has 3 aliphatic heterocycles. The minimum absolute atomic E-state index is 0.00807. The third-order valence-corrected chi connectivity index (χ3v) is 8.88. The van der Waals surface area contributed by atoms with Crippen LogP contribution in [0.3, 0.4) is 0 Å². The summed E-state index contributed by atoms with van der Waals surface area (Å²) in [6, 6.07) is 16.8. The molecule has 1 saturated heterocycles. The summed E-state index contributed by atoms with van der Waals surface area (Å²) >= 11 is 0. The Morgan fingerprint density at radius 1 is 0.973 bits per heavy atom. The lowest BCUT2D eigenvalue weighted by Crippen LogP contribution is -2.48. The molecule has 0 spiro atoms. The molecule has 0 aliphatic carbocycles. The number of pyridine rings is 1. The van der Waals surface area contributed by atoms with Gasteiger partial charge in [0.2, 0.25) is 22.7 Å². The number of nitrogens with zero attached hydrogens (tertiary/aromatic N) is 2. The summed E-state index contributed by atoms with van der Waals surface area (Å²) in [4.78, 5) is 24.8. The molecular formula is C27H25N3O6S. The normalized spacial score (nSPS) is 20.5. The molecule has 2 bridgehead atoms. The Morgan fingerprint density at radius 3 is 2.62 bits per heavy atom. The molecule has 6 rings (SSSR count). The molecule has 10 heteroatoms. The Labute approximate surface area is 214 Å². The van der Waals surface area contributed by atoms with Gasteiger partial charge in [0, 0.05) is 49.1 Å². The standard InChI is InChI=1S/C27H25N3O6S/c31-26(11-5-18-4-10-24-25(13-18)36-17-35-24)28-21-6-8-22(9-7-21)37(33,34)29-14-19-12-20(16-29)23-2-1-3-27(32)30(23)15-19/h1-11,13,19-20H,12,14-17H2,(H,28,31)/b11-5-/t19-,20+/m0/s1. The van der Waals surface area contributed by atoms with Crippen LogP contribution in [-0.2, 0) is 21.4 Å². The quantitative estimate of drug-likeness (QED) is 0.520. The van der Waals surface area contributed by atoms with E-state index in [4.69, 9.17) is 9.47 Å². The molecule has 2 atom stereocenters. The van der Waals surface area contributed by atoms with E-state index in [1.165, 1.54) is 22.5 Å². The lowest BCUT2D eigenvalue weighted by atomic mass is 9.84. The van der Waals surface area contributed by atoms with Gasteiger partial charge in [-0.3, -0.25) is 9.59 Å². The summed E-state index contributed by atoms with van der Waals surface area (Å²) in [7, 11) is -3.72. The number of amides is 1. The molecule has 1 fully saturated rings. The second-order valence-electron chi connectivity index (χ2n) is 9.48. The topological polar surface area (TPSA) is 107 Å². The molecule has 0 saturated carbocycles. The van der Waals surface area contributed by atoms with Gasteiger partial charge in [-0.05, 0) is 66.4 Å². The molecule has 37 heavy (non-hydrogen) atoms. The molecule has 190 valence electrons. The second kappa shape index (κ2) is 9.20. The lowest BCUT2D eigenvalue weighted by molar-refractivity contribution is -0.111. The number of hydrogen-bond donors (Lipinski definition) is 1. The average molecular weight is 520 g/mol.